The van der Waals surface area contributed by atoms with Crippen LogP contribution < -0.4 is 9.80 Å². The van der Waals surface area contributed by atoms with Gasteiger partial charge in [0.1, 0.15) is 11.6 Å². The summed E-state index contributed by atoms with van der Waals surface area (Å²) in [7, 11) is -3.05. The smallest absolute Gasteiger partial charge is 0.238 e. The SMILES string of the molecule is O=C1N(Cc2cnc(Cl)nc2N2CCS(=O)(=O)CC2)c2cc(F)ccc2C12CC2. The van der Waals surface area contributed by atoms with Gasteiger partial charge in [-0.2, -0.15) is 0 Å². The molecule has 1 spiro atoms. The van der Waals surface area contributed by atoms with Crippen LogP contribution in [0.3, 0.4) is 0 Å². The van der Waals surface area contributed by atoms with Gasteiger partial charge in [-0.15, -0.1) is 0 Å². The molecule has 0 bridgehead atoms. The molecule has 3 heterocycles. The summed E-state index contributed by atoms with van der Waals surface area (Å²) in [6, 6.07) is 4.48. The molecular formula is C19H18ClFN4O3S. The van der Waals surface area contributed by atoms with Crippen LogP contribution in [0.1, 0.15) is 24.0 Å². The van der Waals surface area contributed by atoms with E-state index in [2.05, 4.69) is 9.97 Å². The third-order valence-electron chi connectivity index (χ3n) is 5.96. The summed E-state index contributed by atoms with van der Waals surface area (Å²) in [5, 5.41) is 0.0510. The van der Waals surface area contributed by atoms with Gasteiger partial charge in [0.05, 0.1) is 29.2 Å². The normalized spacial score (nSPS) is 21.5. The minimum Gasteiger partial charge on any atom is -0.354 e. The predicted molar refractivity (Wildman–Crippen MR) is 106 cm³/mol. The van der Waals surface area contributed by atoms with Crippen molar-refractivity contribution < 1.29 is 17.6 Å². The number of sulfone groups is 1. The Morgan fingerprint density at radius 2 is 1.93 bits per heavy atom. The van der Waals surface area contributed by atoms with Gasteiger partial charge < -0.3 is 9.80 Å². The van der Waals surface area contributed by atoms with E-state index >= 15 is 0 Å². The molecule has 5 rings (SSSR count). The van der Waals surface area contributed by atoms with Crippen LogP contribution in [0.15, 0.2) is 24.4 Å². The molecule has 2 aromatic rings. The first-order chi connectivity index (χ1) is 13.8. The monoisotopic (exact) mass is 436 g/mol. The highest BCUT2D eigenvalue weighted by atomic mass is 35.5. The lowest BCUT2D eigenvalue weighted by Crippen LogP contribution is -2.41. The van der Waals surface area contributed by atoms with Crippen molar-refractivity contribution in [2.24, 2.45) is 0 Å². The first-order valence-corrected chi connectivity index (χ1v) is 11.6. The standard InChI is InChI=1S/C19H18ClFN4O3S/c20-18-22-10-12(16(23-18)24-5-7-29(27,28)8-6-24)11-25-15-9-13(21)1-2-14(15)19(3-4-19)17(25)26/h1-2,9-10H,3-8,11H2. The van der Waals surface area contributed by atoms with E-state index in [0.717, 1.165) is 18.4 Å². The second-order valence-corrected chi connectivity index (χ2v) is 10.4. The van der Waals surface area contributed by atoms with Gasteiger partial charge in [0.15, 0.2) is 9.84 Å². The highest BCUT2D eigenvalue weighted by Crippen LogP contribution is 2.57. The lowest BCUT2D eigenvalue weighted by molar-refractivity contribution is -0.120. The lowest BCUT2D eigenvalue weighted by Gasteiger charge is -2.30. The van der Waals surface area contributed by atoms with Gasteiger partial charge in [-0.25, -0.2) is 22.8 Å². The zero-order valence-corrected chi connectivity index (χ0v) is 17.0. The highest BCUT2D eigenvalue weighted by Gasteiger charge is 2.59. The number of rotatable bonds is 3. The van der Waals surface area contributed by atoms with Gasteiger partial charge in [0.25, 0.3) is 0 Å². The number of halogens is 2. The molecule has 0 atom stereocenters. The molecule has 1 aliphatic carbocycles. The second kappa shape index (κ2) is 6.37. The van der Waals surface area contributed by atoms with Crippen LogP contribution in [0, 0.1) is 5.82 Å². The Hall–Kier alpha value is -2.26. The van der Waals surface area contributed by atoms with Crippen molar-refractivity contribution in [3.8, 4) is 0 Å². The molecule has 0 unspecified atom stereocenters. The quantitative estimate of drug-likeness (QED) is 0.685. The fourth-order valence-corrected chi connectivity index (χ4v) is 5.57. The summed E-state index contributed by atoms with van der Waals surface area (Å²) < 4.78 is 37.5. The Morgan fingerprint density at radius 3 is 2.62 bits per heavy atom. The number of carbonyl (C=O) groups is 1. The van der Waals surface area contributed by atoms with Gasteiger partial charge in [-0.3, -0.25) is 4.79 Å². The third kappa shape index (κ3) is 3.07. The molecule has 1 saturated heterocycles. The van der Waals surface area contributed by atoms with Crippen LogP contribution in [0.5, 0.6) is 0 Å². The molecule has 3 aliphatic rings. The van der Waals surface area contributed by atoms with E-state index < -0.39 is 21.1 Å². The van der Waals surface area contributed by atoms with Crippen LogP contribution in [-0.4, -0.2) is 48.9 Å². The first kappa shape index (κ1) is 18.7. The molecule has 29 heavy (non-hydrogen) atoms. The maximum atomic E-state index is 13.9. The molecule has 1 amide bonds. The molecule has 152 valence electrons. The average molecular weight is 437 g/mol. The Bertz CT molecular complexity index is 1120. The van der Waals surface area contributed by atoms with Gasteiger partial charge in [0, 0.05) is 24.8 Å². The first-order valence-electron chi connectivity index (χ1n) is 9.38. The van der Waals surface area contributed by atoms with Crippen molar-refractivity contribution in [1.82, 2.24) is 9.97 Å². The number of hydrogen-bond donors (Lipinski definition) is 0. The van der Waals surface area contributed by atoms with E-state index in [0.29, 0.717) is 30.2 Å². The van der Waals surface area contributed by atoms with Gasteiger partial charge in [0.2, 0.25) is 11.2 Å². The van der Waals surface area contributed by atoms with E-state index in [1.807, 2.05) is 4.90 Å². The maximum Gasteiger partial charge on any atom is 0.238 e. The van der Waals surface area contributed by atoms with Crippen LogP contribution in [0.25, 0.3) is 0 Å². The molecule has 2 aliphatic heterocycles. The maximum absolute atomic E-state index is 13.9. The van der Waals surface area contributed by atoms with Crippen molar-refractivity contribution in [2.75, 3.05) is 34.4 Å². The number of aromatic nitrogens is 2. The molecule has 1 aromatic heterocycles. The van der Waals surface area contributed by atoms with Crippen LogP contribution in [-0.2, 0) is 26.6 Å². The van der Waals surface area contributed by atoms with Crippen molar-refractivity contribution in [3.63, 3.8) is 0 Å². The van der Waals surface area contributed by atoms with Gasteiger partial charge in [-0.1, -0.05) is 6.07 Å². The fraction of sp³-hybridized carbons (Fsp3) is 0.421. The molecule has 1 aromatic carbocycles. The Kier molecular flexibility index (Phi) is 4.12. The lowest BCUT2D eigenvalue weighted by atomic mass is 9.98. The summed E-state index contributed by atoms with van der Waals surface area (Å²) in [6.45, 7) is 0.768. The van der Waals surface area contributed by atoms with Crippen molar-refractivity contribution >= 4 is 38.9 Å². The molecule has 7 nitrogen and oxygen atoms in total. The largest absolute Gasteiger partial charge is 0.354 e. The number of anilines is 2. The Morgan fingerprint density at radius 1 is 1.21 bits per heavy atom. The number of carbonyl (C=O) groups excluding carboxylic acids is 1. The number of hydrogen-bond acceptors (Lipinski definition) is 6. The van der Waals surface area contributed by atoms with E-state index in [1.165, 1.54) is 12.1 Å². The number of benzene rings is 1. The number of nitrogens with zero attached hydrogens (tertiary/aromatic N) is 4. The van der Waals surface area contributed by atoms with E-state index in [1.54, 1.807) is 17.2 Å². The average Bonchev–Trinajstić information content (AvgIpc) is 3.44. The number of fused-ring (bicyclic) bond motifs is 2. The van der Waals surface area contributed by atoms with E-state index in [-0.39, 0.29) is 29.2 Å². The molecule has 0 N–H and O–H groups in total. The third-order valence-corrected chi connectivity index (χ3v) is 7.75. The Labute approximate surface area is 172 Å². The van der Waals surface area contributed by atoms with Crippen LogP contribution in [0.4, 0.5) is 15.9 Å². The minimum absolute atomic E-state index is 0.0356. The van der Waals surface area contributed by atoms with Crippen molar-refractivity contribution in [1.29, 1.82) is 0 Å². The molecule has 1 saturated carbocycles. The topological polar surface area (TPSA) is 83.5 Å². The highest BCUT2D eigenvalue weighted by molar-refractivity contribution is 7.91. The van der Waals surface area contributed by atoms with E-state index in [4.69, 9.17) is 11.6 Å². The zero-order chi connectivity index (χ0) is 20.4. The molecule has 0 radical (unpaired) electrons. The van der Waals surface area contributed by atoms with Crippen LogP contribution >= 0.6 is 11.6 Å². The van der Waals surface area contributed by atoms with Crippen LogP contribution in [0.2, 0.25) is 5.28 Å². The molecular weight excluding hydrogens is 419 g/mol. The summed E-state index contributed by atoms with van der Waals surface area (Å²) in [6.07, 6.45) is 3.07. The van der Waals surface area contributed by atoms with Crippen molar-refractivity contribution in [2.45, 2.75) is 24.8 Å². The van der Waals surface area contributed by atoms with E-state index in [9.17, 15) is 17.6 Å². The second-order valence-electron chi connectivity index (χ2n) is 7.76. The summed E-state index contributed by atoms with van der Waals surface area (Å²) in [5.41, 5.74) is 1.56. The number of amides is 1. The fourth-order valence-electron chi connectivity index (χ4n) is 4.24. The summed E-state index contributed by atoms with van der Waals surface area (Å²) >= 11 is 6.00. The summed E-state index contributed by atoms with van der Waals surface area (Å²) in [4.78, 5) is 24.9. The molecule has 2 fully saturated rings. The molecule has 10 heteroatoms. The zero-order valence-electron chi connectivity index (χ0n) is 15.4. The minimum atomic E-state index is -3.05. The Balaban J connectivity index is 1.50. The van der Waals surface area contributed by atoms with Crippen molar-refractivity contribution in [3.05, 3.63) is 46.6 Å². The van der Waals surface area contributed by atoms with Gasteiger partial charge >= 0.3 is 0 Å². The summed E-state index contributed by atoms with van der Waals surface area (Å²) in [5.74, 6) is 0.150. The van der Waals surface area contributed by atoms with Gasteiger partial charge in [-0.05, 0) is 42.1 Å². The predicted octanol–water partition coefficient (Wildman–Crippen LogP) is 2.08.